The average Bonchev–Trinajstić information content (AvgIpc) is 3.05. The Morgan fingerprint density at radius 3 is 2.73 bits per heavy atom. The van der Waals surface area contributed by atoms with Gasteiger partial charge in [0.1, 0.15) is 0 Å². The summed E-state index contributed by atoms with van der Waals surface area (Å²) in [5, 5.41) is 12.2. The molecule has 0 spiro atoms. The Labute approximate surface area is 91.3 Å². The Kier molecular flexibility index (Phi) is 3.75. The van der Waals surface area contributed by atoms with Gasteiger partial charge in [-0.25, -0.2) is 0 Å². The number of rotatable bonds is 6. The van der Waals surface area contributed by atoms with Crippen molar-refractivity contribution < 1.29 is 5.11 Å². The van der Waals surface area contributed by atoms with Gasteiger partial charge in [-0.05, 0) is 31.4 Å². The number of benzene rings is 1. The highest BCUT2D eigenvalue weighted by atomic mass is 16.2. The molecule has 2 heteroatoms. The second-order valence-electron chi connectivity index (χ2n) is 4.24. The molecule has 1 saturated carbocycles. The Bertz CT molecular complexity index is 286. The molecule has 1 fully saturated rings. The van der Waals surface area contributed by atoms with E-state index in [1.165, 1.54) is 12.0 Å². The Hall–Kier alpha value is -0.860. The lowest BCUT2D eigenvalue weighted by Gasteiger charge is -2.03. The van der Waals surface area contributed by atoms with Crippen molar-refractivity contribution in [2.24, 2.45) is 0 Å². The highest BCUT2D eigenvalue weighted by molar-refractivity contribution is 5.27. The average molecular weight is 205 g/mol. The molecule has 1 aromatic carbocycles. The molecule has 0 heterocycles. The smallest absolute Gasteiger partial charge is 0.0431 e. The Morgan fingerprint density at radius 2 is 2.00 bits per heavy atom. The van der Waals surface area contributed by atoms with Crippen molar-refractivity contribution in [2.75, 3.05) is 13.2 Å². The van der Waals surface area contributed by atoms with Gasteiger partial charge in [0, 0.05) is 18.6 Å². The number of hydrogen-bond donors (Lipinski definition) is 2. The Balaban J connectivity index is 1.68. The van der Waals surface area contributed by atoms with Crippen LogP contribution in [0.5, 0.6) is 0 Å². The van der Waals surface area contributed by atoms with Gasteiger partial charge in [-0.2, -0.15) is 0 Å². The van der Waals surface area contributed by atoms with Crippen LogP contribution in [-0.4, -0.2) is 24.3 Å². The normalized spacial score (nSPS) is 24.1. The highest BCUT2D eigenvalue weighted by Gasteiger charge is 2.37. The second-order valence-corrected chi connectivity index (χ2v) is 4.24. The summed E-state index contributed by atoms with van der Waals surface area (Å²) in [6.07, 6.45) is 3.26. The lowest BCUT2D eigenvalue weighted by atomic mass is 10.1. The fraction of sp³-hybridized carbons (Fsp3) is 0.538. The third-order valence-corrected chi connectivity index (χ3v) is 3.01. The summed E-state index contributed by atoms with van der Waals surface area (Å²) in [6.45, 7) is 1.35. The van der Waals surface area contributed by atoms with Gasteiger partial charge in [-0.15, -0.1) is 0 Å². The van der Waals surface area contributed by atoms with Crippen LogP contribution in [0.2, 0.25) is 0 Å². The zero-order chi connectivity index (χ0) is 10.5. The van der Waals surface area contributed by atoms with Crippen LogP contribution in [0, 0.1) is 0 Å². The van der Waals surface area contributed by atoms with Gasteiger partial charge >= 0.3 is 0 Å². The molecule has 1 aromatic rings. The van der Waals surface area contributed by atoms with Crippen LogP contribution in [-0.2, 0) is 0 Å². The van der Waals surface area contributed by atoms with E-state index in [0.29, 0.717) is 12.6 Å². The minimum atomic E-state index is 0.314. The minimum absolute atomic E-state index is 0.314. The van der Waals surface area contributed by atoms with E-state index in [9.17, 15) is 0 Å². The largest absolute Gasteiger partial charge is 0.396 e. The monoisotopic (exact) mass is 205 g/mol. The van der Waals surface area contributed by atoms with E-state index >= 15 is 0 Å². The summed E-state index contributed by atoms with van der Waals surface area (Å²) in [7, 11) is 0. The molecule has 0 bridgehead atoms. The maximum Gasteiger partial charge on any atom is 0.0431 e. The molecule has 2 atom stereocenters. The van der Waals surface area contributed by atoms with E-state index in [-0.39, 0.29) is 0 Å². The predicted octanol–water partition coefficient (Wildman–Crippen LogP) is 1.90. The van der Waals surface area contributed by atoms with Crippen LogP contribution in [0.15, 0.2) is 30.3 Å². The molecule has 1 aliphatic carbocycles. The van der Waals surface area contributed by atoms with Crippen LogP contribution in [0.25, 0.3) is 0 Å². The van der Waals surface area contributed by atoms with E-state index in [1.807, 2.05) is 0 Å². The molecule has 2 unspecified atom stereocenters. The van der Waals surface area contributed by atoms with Gasteiger partial charge in [0.25, 0.3) is 0 Å². The maximum atomic E-state index is 8.65. The van der Waals surface area contributed by atoms with Crippen molar-refractivity contribution in [1.29, 1.82) is 0 Å². The first-order valence-corrected chi connectivity index (χ1v) is 5.81. The van der Waals surface area contributed by atoms with Crippen LogP contribution in [0.4, 0.5) is 0 Å². The number of hydrogen-bond acceptors (Lipinski definition) is 2. The second kappa shape index (κ2) is 5.29. The van der Waals surface area contributed by atoms with Crippen LogP contribution in [0.1, 0.15) is 30.7 Å². The zero-order valence-electron chi connectivity index (χ0n) is 9.02. The van der Waals surface area contributed by atoms with Crippen molar-refractivity contribution in [3.05, 3.63) is 35.9 Å². The summed E-state index contributed by atoms with van der Waals surface area (Å²) in [5.41, 5.74) is 1.46. The van der Waals surface area contributed by atoms with Crippen LogP contribution in [0.3, 0.4) is 0 Å². The molecular formula is C13H19NO. The van der Waals surface area contributed by atoms with E-state index in [2.05, 4.69) is 35.6 Å². The molecule has 0 amide bonds. The number of aliphatic hydroxyl groups is 1. The summed E-state index contributed by atoms with van der Waals surface area (Å²) < 4.78 is 0. The molecule has 0 aliphatic heterocycles. The van der Waals surface area contributed by atoms with E-state index in [0.717, 1.165) is 25.3 Å². The van der Waals surface area contributed by atoms with Gasteiger partial charge in [-0.3, -0.25) is 0 Å². The SMILES string of the molecule is OCCCCNC1CC1c1ccccc1. The molecule has 0 saturated heterocycles. The molecule has 82 valence electrons. The molecular weight excluding hydrogens is 186 g/mol. The van der Waals surface area contributed by atoms with Gasteiger partial charge < -0.3 is 10.4 Å². The van der Waals surface area contributed by atoms with Crippen LogP contribution >= 0.6 is 0 Å². The third kappa shape index (κ3) is 3.05. The van der Waals surface area contributed by atoms with Crippen molar-refractivity contribution in [3.63, 3.8) is 0 Å². The maximum absolute atomic E-state index is 8.65. The molecule has 2 rings (SSSR count). The first kappa shape index (κ1) is 10.7. The fourth-order valence-corrected chi connectivity index (χ4v) is 2.01. The predicted molar refractivity (Wildman–Crippen MR) is 61.9 cm³/mol. The number of unbranched alkanes of at least 4 members (excludes halogenated alkanes) is 1. The summed E-state index contributed by atoms with van der Waals surface area (Å²) in [5.74, 6) is 0.723. The third-order valence-electron chi connectivity index (χ3n) is 3.01. The van der Waals surface area contributed by atoms with E-state index in [4.69, 9.17) is 5.11 Å². The molecule has 15 heavy (non-hydrogen) atoms. The fourth-order valence-electron chi connectivity index (χ4n) is 2.01. The first-order valence-electron chi connectivity index (χ1n) is 5.81. The molecule has 0 aromatic heterocycles. The highest BCUT2D eigenvalue weighted by Crippen LogP contribution is 2.40. The van der Waals surface area contributed by atoms with Gasteiger partial charge in [-0.1, -0.05) is 30.3 Å². The van der Waals surface area contributed by atoms with Crippen molar-refractivity contribution in [1.82, 2.24) is 5.32 Å². The summed E-state index contributed by atoms with van der Waals surface area (Å²) >= 11 is 0. The minimum Gasteiger partial charge on any atom is -0.396 e. The summed E-state index contributed by atoms with van der Waals surface area (Å²) in [4.78, 5) is 0. The standard InChI is InChI=1S/C13H19NO/c15-9-5-4-8-14-13-10-12(13)11-6-2-1-3-7-11/h1-3,6-7,12-15H,4-5,8-10H2. The zero-order valence-corrected chi connectivity index (χ0v) is 9.02. The quantitative estimate of drug-likeness (QED) is 0.695. The van der Waals surface area contributed by atoms with Crippen molar-refractivity contribution in [2.45, 2.75) is 31.2 Å². The van der Waals surface area contributed by atoms with Gasteiger partial charge in [0.15, 0.2) is 0 Å². The van der Waals surface area contributed by atoms with Crippen molar-refractivity contribution >= 4 is 0 Å². The van der Waals surface area contributed by atoms with Gasteiger partial charge in [0.2, 0.25) is 0 Å². The molecule has 2 nitrogen and oxygen atoms in total. The van der Waals surface area contributed by atoms with E-state index in [1.54, 1.807) is 0 Å². The lowest BCUT2D eigenvalue weighted by molar-refractivity contribution is 0.283. The molecule has 1 aliphatic rings. The lowest BCUT2D eigenvalue weighted by Crippen LogP contribution is -2.19. The topological polar surface area (TPSA) is 32.3 Å². The molecule has 0 radical (unpaired) electrons. The Morgan fingerprint density at radius 1 is 1.20 bits per heavy atom. The van der Waals surface area contributed by atoms with Crippen LogP contribution < -0.4 is 5.32 Å². The number of nitrogens with one attached hydrogen (secondary N) is 1. The first-order chi connectivity index (χ1) is 7.42. The van der Waals surface area contributed by atoms with Gasteiger partial charge in [0.05, 0.1) is 0 Å². The number of aliphatic hydroxyl groups excluding tert-OH is 1. The van der Waals surface area contributed by atoms with Crippen molar-refractivity contribution in [3.8, 4) is 0 Å². The summed E-state index contributed by atoms with van der Waals surface area (Å²) in [6, 6.07) is 11.4. The van der Waals surface area contributed by atoms with E-state index < -0.39 is 0 Å². The molecule has 2 N–H and O–H groups in total.